The third-order valence-corrected chi connectivity index (χ3v) is 4.64. The summed E-state index contributed by atoms with van der Waals surface area (Å²) in [5.74, 6) is 0.755. The molecule has 2 atom stereocenters. The van der Waals surface area contributed by atoms with Gasteiger partial charge in [0.1, 0.15) is 0 Å². The van der Waals surface area contributed by atoms with E-state index in [4.69, 9.17) is 0 Å². The number of likely N-dealkylation sites (tertiary alicyclic amines) is 1. The van der Waals surface area contributed by atoms with Gasteiger partial charge in [0.25, 0.3) is 0 Å². The maximum atomic E-state index is 3.65. The van der Waals surface area contributed by atoms with Gasteiger partial charge in [0.2, 0.25) is 0 Å². The minimum atomic E-state index is 0.526. The van der Waals surface area contributed by atoms with Crippen molar-refractivity contribution < 1.29 is 0 Å². The van der Waals surface area contributed by atoms with Crippen molar-refractivity contribution in [1.29, 1.82) is 0 Å². The third kappa shape index (κ3) is 3.48. The van der Waals surface area contributed by atoms with Gasteiger partial charge in [-0.2, -0.15) is 0 Å². The van der Waals surface area contributed by atoms with E-state index in [1.165, 1.54) is 38.2 Å². The lowest BCUT2D eigenvalue weighted by Crippen LogP contribution is -2.41. The summed E-state index contributed by atoms with van der Waals surface area (Å²) in [5, 5.41) is 3.65. The lowest BCUT2D eigenvalue weighted by atomic mass is 9.91. The molecule has 0 amide bonds. The molecule has 0 aromatic heterocycles. The number of benzene rings is 1. The van der Waals surface area contributed by atoms with Gasteiger partial charge in [-0.05, 0) is 66.8 Å². The van der Waals surface area contributed by atoms with E-state index in [2.05, 4.69) is 64.3 Å². The van der Waals surface area contributed by atoms with Crippen LogP contribution in [0.15, 0.2) is 28.7 Å². The predicted molar refractivity (Wildman–Crippen MR) is 82.1 cm³/mol. The molecule has 1 aliphatic heterocycles. The fraction of sp³-hybridized carbons (Fsp3) is 0.600. The SMILES string of the molecule is CCN1CCCC(C(C)Nc2ccccc2Br)C1. The second-order valence-electron chi connectivity index (χ2n) is 5.21. The van der Waals surface area contributed by atoms with Gasteiger partial charge in [-0.15, -0.1) is 0 Å². The highest BCUT2D eigenvalue weighted by atomic mass is 79.9. The Labute approximate surface area is 119 Å². The van der Waals surface area contributed by atoms with E-state index < -0.39 is 0 Å². The molecular weight excluding hydrogens is 288 g/mol. The number of piperidine rings is 1. The van der Waals surface area contributed by atoms with Crippen molar-refractivity contribution in [2.24, 2.45) is 5.92 Å². The Morgan fingerprint density at radius 1 is 1.44 bits per heavy atom. The topological polar surface area (TPSA) is 15.3 Å². The van der Waals surface area contributed by atoms with Crippen LogP contribution in [0, 0.1) is 5.92 Å². The zero-order valence-electron chi connectivity index (χ0n) is 11.3. The minimum Gasteiger partial charge on any atom is -0.381 e. The first-order valence-corrected chi connectivity index (χ1v) is 7.73. The average Bonchev–Trinajstić information content (AvgIpc) is 2.41. The van der Waals surface area contributed by atoms with Gasteiger partial charge in [-0.1, -0.05) is 19.1 Å². The van der Waals surface area contributed by atoms with Crippen molar-refractivity contribution in [3.8, 4) is 0 Å². The summed E-state index contributed by atoms with van der Waals surface area (Å²) in [6.07, 6.45) is 2.68. The fourth-order valence-electron chi connectivity index (χ4n) is 2.73. The number of nitrogens with zero attached hydrogens (tertiary/aromatic N) is 1. The second-order valence-corrected chi connectivity index (χ2v) is 6.06. The second kappa shape index (κ2) is 6.58. The zero-order chi connectivity index (χ0) is 13.0. The standard InChI is InChI=1S/C15H23BrN2/c1-3-18-10-6-7-13(11-18)12(2)17-15-9-5-4-8-14(15)16/h4-5,8-9,12-13,17H,3,6-7,10-11H2,1-2H3. The van der Waals surface area contributed by atoms with Crippen LogP contribution >= 0.6 is 15.9 Å². The van der Waals surface area contributed by atoms with E-state index in [1.807, 2.05) is 0 Å². The number of hydrogen-bond donors (Lipinski definition) is 1. The first-order valence-electron chi connectivity index (χ1n) is 6.94. The summed E-state index contributed by atoms with van der Waals surface area (Å²) in [5.41, 5.74) is 1.21. The van der Waals surface area contributed by atoms with Crippen LogP contribution in [0.4, 0.5) is 5.69 Å². The van der Waals surface area contributed by atoms with Crippen molar-refractivity contribution in [2.45, 2.75) is 32.7 Å². The predicted octanol–water partition coefficient (Wildman–Crippen LogP) is 3.98. The van der Waals surface area contributed by atoms with Gasteiger partial charge in [0, 0.05) is 22.7 Å². The van der Waals surface area contributed by atoms with E-state index in [9.17, 15) is 0 Å². The maximum absolute atomic E-state index is 3.65. The van der Waals surface area contributed by atoms with Crippen molar-refractivity contribution >= 4 is 21.6 Å². The molecule has 1 aliphatic rings. The van der Waals surface area contributed by atoms with Gasteiger partial charge in [0.15, 0.2) is 0 Å². The Balaban J connectivity index is 1.95. The zero-order valence-corrected chi connectivity index (χ0v) is 12.9. The molecule has 1 fully saturated rings. The molecule has 2 unspecified atom stereocenters. The molecule has 1 N–H and O–H groups in total. The van der Waals surface area contributed by atoms with E-state index in [0.717, 1.165) is 10.4 Å². The van der Waals surface area contributed by atoms with Crippen molar-refractivity contribution in [1.82, 2.24) is 4.90 Å². The minimum absolute atomic E-state index is 0.526. The van der Waals surface area contributed by atoms with Crippen molar-refractivity contribution in [2.75, 3.05) is 25.0 Å². The lowest BCUT2D eigenvalue weighted by Gasteiger charge is -2.35. The number of para-hydroxylation sites is 1. The molecule has 1 aromatic rings. The summed E-state index contributed by atoms with van der Waals surface area (Å²) >= 11 is 3.60. The molecule has 1 saturated heterocycles. The monoisotopic (exact) mass is 310 g/mol. The molecule has 0 spiro atoms. The average molecular weight is 311 g/mol. The van der Waals surface area contributed by atoms with Gasteiger partial charge < -0.3 is 10.2 Å². The Morgan fingerprint density at radius 2 is 2.22 bits per heavy atom. The molecule has 0 bridgehead atoms. The maximum Gasteiger partial charge on any atom is 0.0486 e. The molecule has 3 heteroatoms. The van der Waals surface area contributed by atoms with Crippen molar-refractivity contribution in [3.05, 3.63) is 28.7 Å². The summed E-state index contributed by atoms with van der Waals surface area (Å²) in [6, 6.07) is 8.89. The van der Waals surface area contributed by atoms with Gasteiger partial charge in [-0.3, -0.25) is 0 Å². The van der Waals surface area contributed by atoms with Crippen LogP contribution in [-0.2, 0) is 0 Å². The Morgan fingerprint density at radius 3 is 2.94 bits per heavy atom. The molecule has 0 saturated carbocycles. The third-order valence-electron chi connectivity index (χ3n) is 3.95. The van der Waals surface area contributed by atoms with Crippen molar-refractivity contribution in [3.63, 3.8) is 0 Å². The highest BCUT2D eigenvalue weighted by Crippen LogP contribution is 2.26. The summed E-state index contributed by atoms with van der Waals surface area (Å²) < 4.78 is 1.15. The smallest absolute Gasteiger partial charge is 0.0486 e. The summed E-state index contributed by atoms with van der Waals surface area (Å²) in [6.45, 7) is 8.25. The Bertz CT molecular complexity index is 381. The molecule has 0 radical (unpaired) electrons. The van der Waals surface area contributed by atoms with Crippen LogP contribution in [0.25, 0.3) is 0 Å². The number of anilines is 1. The van der Waals surface area contributed by atoms with E-state index in [1.54, 1.807) is 0 Å². The van der Waals surface area contributed by atoms with Crippen LogP contribution < -0.4 is 5.32 Å². The van der Waals surface area contributed by atoms with Crippen LogP contribution in [0.1, 0.15) is 26.7 Å². The number of hydrogen-bond acceptors (Lipinski definition) is 2. The molecule has 18 heavy (non-hydrogen) atoms. The van der Waals surface area contributed by atoms with E-state index in [-0.39, 0.29) is 0 Å². The highest BCUT2D eigenvalue weighted by Gasteiger charge is 2.23. The van der Waals surface area contributed by atoms with Crippen LogP contribution in [0.5, 0.6) is 0 Å². The molecule has 1 heterocycles. The first kappa shape index (κ1) is 13.9. The van der Waals surface area contributed by atoms with Crippen LogP contribution in [0.2, 0.25) is 0 Å². The summed E-state index contributed by atoms with van der Waals surface area (Å²) in [7, 11) is 0. The Hall–Kier alpha value is -0.540. The lowest BCUT2D eigenvalue weighted by molar-refractivity contribution is 0.172. The van der Waals surface area contributed by atoms with E-state index >= 15 is 0 Å². The number of nitrogens with one attached hydrogen (secondary N) is 1. The molecule has 2 nitrogen and oxygen atoms in total. The number of halogens is 1. The van der Waals surface area contributed by atoms with Gasteiger partial charge in [0.05, 0.1) is 0 Å². The first-order chi connectivity index (χ1) is 8.70. The number of rotatable bonds is 4. The molecule has 100 valence electrons. The normalized spacial score (nSPS) is 22.7. The van der Waals surface area contributed by atoms with E-state index in [0.29, 0.717) is 6.04 Å². The molecule has 1 aromatic carbocycles. The van der Waals surface area contributed by atoms with Crippen LogP contribution in [0.3, 0.4) is 0 Å². The fourth-order valence-corrected chi connectivity index (χ4v) is 3.13. The largest absolute Gasteiger partial charge is 0.381 e. The van der Waals surface area contributed by atoms with Gasteiger partial charge >= 0.3 is 0 Å². The Kier molecular flexibility index (Phi) is 5.07. The summed E-state index contributed by atoms with van der Waals surface area (Å²) in [4.78, 5) is 2.56. The van der Waals surface area contributed by atoms with Crippen LogP contribution in [-0.4, -0.2) is 30.6 Å². The quantitative estimate of drug-likeness (QED) is 0.905. The molecular formula is C15H23BrN2. The van der Waals surface area contributed by atoms with Gasteiger partial charge in [-0.25, -0.2) is 0 Å². The highest BCUT2D eigenvalue weighted by molar-refractivity contribution is 9.10. The molecule has 0 aliphatic carbocycles. The molecule has 2 rings (SSSR count).